The van der Waals surface area contributed by atoms with Crippen molar-refractivity contribution in [1.82, 2.24) is 14.6 Å². The molecular weight excluding hydrogens is 523 g/mol. The van der Waals surface area contributed by atoms with Gasteiger partial charge in [0.15, 0.2) is 11.6 Å². The fraction of sp³-hybridized carbons (Fsp3) is 0.500. The Bertz CT molecular complexity index is 1080. The number of nitrogens with zero attached hydrogens (tertiary/aromatic N) is 2. The molecule has 198 valence electrons. The van der Waals surface area contributed by atoms with E-state index >= 15 is 0 Å². The maximum absolute atomic E-state index is 14.0. The maximum atomic E-state index is 14.0. The largest absolute Gasteiger partial charge is 0.471 e. The van der Waals surface area contributed by atoms with Crippen molar-refractivity contribution in [3.63, 3.8) is 0 Å². The first-order valence-corrected chi connectivity index (χ1v) is 12.5. The number of piperidine rings is 1. The summed E-state index contributed by atoms with van der Waals surface area (Å²) in [5.41, 5.74) is 4.30. The van der Waals surface area contributed by atoms with Crippen LogP contribution in [0.5, 0.6) is 5.88 Å². The van der Waals surface area contributed by atoms with E-state index in [4.69, 9.17) is 22.1 Å². The van der Waals surface area contributed by atoms with E-state index in [0.717, 1.165) is 25.9 Å². The molecule has 9 nitrogen and oxygen atoms in total. The third-order valence-electron chi connectivity index (χ3n) is 5.61. The van der Waals surface area contributed by atoms with E-state index in [2.05, 4.69) is 19.9 Å². The highest BCUT2D eigenvalue weighted by Crippen LogP contribution is 2.32. The number of anilines is 1. The highest BCUT2D eigenvalue weighted by atomic mass is 35.5. The van der Waals surface area contributed by atoms with Crippen molar-refractivity contribution in [2.75, 3.05) is 31.5 Å². The zero-order valence-corrected chi connectivity index (χ0v) is 20.9. The number of rotatable bonds is 11. The molecule has 5 N–H and O–H groups in total. The Labute approximate surface area is 214 Å². The first-order chi connectivity index (χ1) is 17.2. The molecule has 0 bridgehead atoms. The molecule has 2 aromatic rings. The van der Waals surface area contributed by atoms with Crippen LogP contribution in [0.4, 0.5) is 23.0 Å². The lowest BCUT2D eigenvalue weighted by atomic mass is 10.1. The Kier molecular flexibility index (Phi) is 10.2. The summed E-state index contributed by atoms with van der Waals surface area (Å²) in [6.45, 7) is 2.05. The molecule has 1 aromatic heterocycles. The van der Waals surface area contributed by atoms with Crippen LogP contribution >= 0.6 is 23.1 Å². The molecule has 1 aliphatic heterocycles. The molecule has 1 saturated heterocycles. The quantitative estimate of drug-likeness (QED) is 0.192. The number of aromatic nitrogens is 1. The number of likely N-dealkylation sites (tertiary alicyclic amines) is 1. The number of carbonyl (C=O) groups is 2. The molecule has 1 aliphatic rings. The van der Waals surface area contributed by atoms with Crippen LogP contribution in [-0.2, 0) is 6.61 Å². The molecular formula is C22H27ClF3N5O4S. The first kappa shape index (κ1) is 28.0. The summed E-state index contributed by atoms with van der Waals surface area (Å²) in [5.74, 6) is -5.50. The molecule has 36 heavy (non-hydrogen) atoms. The number of nitrogens with two attached hydrogens (primary N) is 1. The molecule has 1 unspecified atom stereocenters. The van der Waals surface area contributed by atoms with Gasteiger partial charge >= 0.3 is 6.03 Å². The lowest BCUT2D eigenvalue weighted by molar-refractivity contribution is 0.0933. The molecule has 1 atom stereocenters. The van der Waals surface area contributed by atoms with Gasteiger partial charge in [-0.3, -0.25) is 10.1 Å². The summed E-state index contributed by atoms with van der Waals surface area (Å²) in [7, 11) is 0. The zero-order valence-electron chi connectivity index (χ0n) is 19.3. The van der Waals surface area contributed by atoms with Crippen LogP contribution < -0.4 is 21.1 Å². The monoisotopic (exact) mass is 549 g/mol. The van der Waals surface area contributed by atoms with Gasteiger partial charge in [-0.15, -0.1) is 0 Å². The predicted molar refractivity (Wildman–Crippen MR) is 129 cm³/mol. The minimum Gasteiger partial charge on any atom is -0.471 e. The Hall–Kier alpha value is -2.61. The standard InChI is InChI=1S/C22H27ClF3N5O4S/c23-14-9-15(24)13(17(25)18(14)26)11-35-20-16(19(27)33)21(36-30-20)29-22(34)28-6-4-5-12(32)10-31-7-2-1-3-8-31/h9,12,32H,1-8,10-11H2,(H2,27,33)(H2,28,29,34). The topological polar surface area (TPSA) is 130 Å². The first-order valence-electron chi connectivity index (χ1n) is 11.4. The molecule has 2 heterocycles. The van der Waals surface area contributed by atoms with Crippen LogP contribution in [0.15, 0.2) is 6.07 Å². The number of aliphatic hydroxyl groups excluding tert-OH is 1. The molecule has 0 saturated carbocycles. The predicted octanol–water partition coefficient (Wildman–Crippen LogP) is 3.64. The second kappa shape index (κ2) is 13.1. The smallest absolute Gasteiger partial charge is 0.319 e. The highest BCUT2D eigenvalue weighted by molar-refractivity contribution is 7.11. The molecule has 14 heteroatoms. The average molecular weight is 550 g/mol. The summed E-state index contributed by atoms with van der Waals surface area (Å²) in [5, 5.41) is 14.5. The third kappa shape index (κ3) is 7.45. The lowest BCUT2D eigenvalue weighted by Gasteiger charge is -2.28. The van der Waals surface area contributed by atoms with E-state index in [-0.39, 0.29) is 23.0 Å². The SMILES string of the molecule is NC(=O)c1c(OCc2c(F)cc(Cl)c(F)c2F)nsc1NC(=O)NCCCC(O)CN1CCCCC1. The van der Waals surface area contributed by atoms with Crippen molar-refractivity contribution in [3.8, 4) is 5.88 Å². The maximum Gasteiger partial charge on any atom is 0.319 e. The van der Waals surface area contributed by atoms with E-state index < -0.39 is 52.7 Å². The van der Waals surface area contributed by atoms with Crippen molar-refractivity contribution in [2.45, 2.75) is 44.8 Å². The number of nitrogens with one attached hydrogen (secondary N) is 2. The van der Waals surface area contributed by atoms with Crippen molar-refractivity contribution >= 4 is 40.1 Å². The van der Waals surface area contributed by atoms with E-state index in [9.17, 15) is 27.9 Å². The number of hydrogen-bond donors (Lipinski definition) is 4. The zero-order chi connectivity index (χ0) is 26.2. The van der Waals surface area contributed by atoms with Gasteiger partial charge < -0.3 is 25.8 Å². The van der Waals surface area contributed by atoms with Crippen molar-refractivity contribution in [1.29, 1.82) is 0 Å². The van der Waals surface area contributed by atoms with Crippen molar-refractivity contribution < 1.29 is 32.6 Å². The lowest BCUT2D eigenvalue weighted by Crippen LogP contribution is -2.37. The summed E-state index contributed by atoms with van der Waals surface area (Å²) < 4.78 is 50.7. The number of halogens is 4. The van der Waals surface area contributed by atoms with Gasteiger partial charge in [0.1, 0.15) is 23.0 Å². The number of carbonyl (C=O) groups excluding carboxylic acids is 2. The number of ether oxygens (including phenoxy) is 1. The van der Waals surface area contributed by atoms with Crippen molar-refractivity contribution in [2.24, 2.45) is 5.73 Å². The van der Waals surface area contributed by atoms with Crippen LogP contribution in [0.3, 0.4) is 0 Å². The number of amides is 3. The highest BCUT2D eigenvalue weighted by Gasteiger charge is 2.24. The van der Waals surface area contributed by atoms with E-state index in [1.54, 1.807) is 0 Å². The van der Waals surface area contributed by atoms with Gasteiger partial charge in [0.05, 0.1) is 16.7 Å². The van der Waals surface area contributed by atoms with Gasteiger partial charge in [0.25, 0.3) is 5.91 Å². The van der Waals surface area contributed by atoms with Crippen LogP contribution in [0, 0.1) is 17.5 Å². The molecule has 0 spiro atoms. The minimum absolute atomic E-state index is 0.0386. The van der Waals surface area contributed by atoms with Gasteiger partial charge in [0.2, 0.25) is 5.88 Å². The van der Waals surface area contributed by atoms with E-state index in [1.807, 2.05) is 0 Å². The Balaban J connectivity index is 1.50. The third-order valence-corrected chi connectivity index (χ3v) is 6.63. The molecule has 0 radical (unpaired) electrons. The number of urea groups is 1. The fourth-order valence-electron chi connectivity index (χ4n) is 3.77. The van der Waals surface area contributed by atoms with Gasteiger partial charge in [-0.05, 0) is 56.4 Å². The number of aliphatic hydroxyl groups is 1. The molecule has 1 fully saturated rings. The summed E-state index contributed by atoms with van der Waals surface area (Å²) >= 11 is 6.07. The fourth-order valence-corrected chi connectivity index (χ4v) is 4.69. The summed E-state index contributed by atoms with van der Waals surface area (Å²) in [6.07, 6.45) is 4.06. The Morgan fingerprint density at radius 2 is 1.97 bits per heavy atom. The van der Waals surface area contributed by atoms with Gasteiger partial charge in [0, 0.05) is 13.1 Å². The van der Waals surface area contributed by atoms with Gasteiger partial charge in [-0.2, -0.15) is 4.37 Å². The molecule has 3 rings (SSSR count). The average Bonchev–Trinajstić information content (AvgIpc) is 3.23. The Morgan fingerprint density at radius 3 is 2.67 bits per heavy atom. The van der Waals surface area contributed by atoms with Crippen LogP contribution in [-0.4, -0.2) is 58.6 Å². The summed E-state index contributed by atoms with van der Waals surface area (Å²) in [6, 6.07) is -0.0475. The molecule has 0 aliphatic carbocycles. The van der Waals surface area contributed by atoms with Gasteiger partial charge in [-0.25, -0.2) is 18.0 Å². The van der Waals surface area contributed by atoms with Gasteiger partial charge in [-0.1, -0.05) is 18.0 Å². The minimum atomic E-state index is -1.53. The number of primary amides is 1. The molecule has 1 aromatic carbocycles. The molecule has 3 amide bonds. The number of β-amino-alcohol motifs (C(OH)–C–C–N with tert-alkyl or cyclic N) is 1. The number of benzene rings is 1. The van der Waals surface area contributed by atoms with Crippen LogP contribution in [0.2, 0.25) is 5.02 Å². The summed E-state index contributed by atoms with van der Waals surface area (Å²) in [4.78, 5) is 26.4. The second-order valence-electron chi connectivity index (χ2n) is 8.33. The number of hydrogen-bond acceptors (Lipinski definition) is 7. The second-order valence-corrected chi connectivity index (χ2v) is 9.51. The van der Waals surface area contributed by atoms with E-state index in [0.29, 0.717) is 37.0 Å². The van der Waals surface area contributed by atoms with Crippen molar-refractivity contribution in [3.05, 3.63) is 39.7 Å². The van der Waals surface area contributed by atoms with Crippen LogP contribution in [0.1, 0.15) is 48.0 Å². The van der Waals surface area contributed by atoms with E-state index in [1.165, 1.54) is 6.42 Å². The normalized spacial score (nSPS) is 14.9. The Morgan fingerprint density at radius 1 is 1.25 bits per heavy atom. The van der Waals surface area contributed by atoms with Crippen LogP contribution in [0.25, 0.3) is 0 Å².